The van der Waals surface area contributed by atoms with Gasteiger partial charge in [-0.2, -0.15) is 15.5 Å². The maximum Gasteiger partial charge on any atom is 0.141 e. The molecule has 0 bridgehead atoms. The minimum absolute atomic E-state index is 0.0689. The first-order valence-electron chi connectivity index (χ1n) is 6.01. The number of nitrogens with two attached hydrogens (primary N) is 2. The van der Waals surface area contributed by atoms with Gasteiger partial charge in [-0.3, -0.25) is 10.8 Å². The number of nitriles is 1. The van der Waals surface area contributed by atoms with Gasteiger partial charge in [-0.1, -0.05) is 0 Å². The minimum atomic E-state index is -0.873. The average molecular weight is 336 g/mol. The summed E-state index contributed by atoms with van der Waals surface area (Å²) in [5, 5.41) is 30.4. The first kappa shape index (κ1) is 21.9. The summed E-state index contributed by atoms with van der Waals surface area (Å²) in [5.74, 6) is 0.0339. The van der Waals surface area contributed by atoms with Crippen LogP contribution in [-0.4, -0.2) is 33.5 Å². The molecule has 0 saturated carbocycles. The summed E-state index contributed by atoms with van der Waals surface area (Å²) in [7, 11) is 0. The highest BCUT2D eigenvalue weighted by Crippen LogP contribution is 2.15. The van der Waals surface area contributed by atoms with Crippen LogP contribution in [0.4, 0.5) is 0 Å². The molecule has 7 nitrogen and oxygen atoms in total. The van der Waals surface area contributed by atoms with Crippen molar-refractivity contribution in [3.63, 3.8) is 0 Å². The van der Waals surface area contributed by atoms with Crippen molar-refractivity contribution in [2.75, 3.05) is 5.88 Å². The quantitative estimate of drug-likeness (QED) is 0.264. The largest absolute Gasteiger partial charge is 0.386 e. The summed E-state index contributed by atoms with van der Waals surface area (Å²) < 4.78 is 0. The molecule has 0 heterocycles. The second-order valence-corrected chi connectivity index (χ2v) is 6.69. The number of halogens is 2. The van der Waals surface area contributed by atoms with Crippen LogP contribution in [0.5, 0.6) is 0 Å². The number of azo groups is 1. The van der Waals surface area contributed by atoms with E-state index in [9.17, 15) is 0 Å². The standard InChI is InChI=1S/C8H18N6.C4H5Cl2N/c1-7(2,5(9)10)13-14-8(3,4)6(11)12;1-4(6,2-5)3-7/h1-4H3,(H3,9,10)(H3,11,12);2H2,1H3. The molecule has 0 spiro atoms. The van der Waals surface area contributed by atoms with Crippen LogP contribution in [0.3, 0.4) is 0 Å². The van der Waals surface area contributed by atoms with Crippen molar-refractivity contribution in [3.8, 4) is 6.07 Å². The molecule has 0 aliphatic rings. The van der Waals surface area contributed by atoms with Crippen molar-refractivity contribution in [2.24, 2.45) is 21.7 Å². The Morgan fingerprint density at radius 1 is 1.05 bits per heavy atom. The Bertz CT molecular complexity index is 419. The summed E-state index contributed by atoms with van der Waals surface area (Å²) in [6.45, 7) is 8.27. The number of rotatable bonds is 5. The normalized spacial score (nSPS) is 14.6. The Balaban J connectivity index is 0. The maximum atomic E-state index is 8.13. The topological polar surface area (TPSA) is 148 Å². The van der Waals surface area contributed by atoms with E-state index in [1.807, 2.05) is 6.07 Å². The Morgan fingerprint density at radius 3 is 1.43 bits per heavy atom. The van der Waals surface area contributed by atoms with Crippen LogP contribution in [0.25, 0.3) is 0 Å². The predicted octanol–water partition coefficient (Wildman–Crippen LogP) is 2.61. The molecule has 0 radical (unpaired) electrons. The molecule has 6 N–H and O–H groups in total. The zero-order chi connectivity index (χ0) is 17.5. The number of alkyl halides is 2. The Morgan fingerprint density at radius 2 is 1.33 bits per heavy atom. The van der Waals surface area contributed by atoms with Gasteiger partial charge in [0, 0.05) is 0 Å². The lowest BCUT2D eigenvalue weighted by atomic mass is 10.1. The third-order valence-electron chi connectivity index (χ3n) is 2.35. The fourth-order valence-electron chi connectivity index (χ4n) is 0.388. The van der Waals surface area contributed by atoms with Crippen LogP contribution >= 0.6 is 23.2 Å². The summed E-state index contributed by atoms with van der Waals surface area (Å²) in [4.78, 5) is -0.873. The van der Waals surface area contributed by atoms with Gasteiger partial charge in [-0.25, -0.2) is 0 Å². The molecule has 9 heteroatoms. The van der Waals surface area contributed by atoms with E-state index in [1.54, 1.807) is 34.6 Å². The van der Waals surface area contributed by atoms with Gasteiger partial charge in [0.2, 0.25) is 0 Å². The molecule has 0 saturated heterocycles. The van der Waals surface area contributed by atoms with E-state index in [0.29, 0.717) is 0 Å². The van der Waals surface area contributed by atoms with E-state index in [1.165, 1.54) is 0 Å². The third-order valence-corrected chi connectivity index (χ3v) is 3.24. The summed E-state index contributed by atoms with van der Waals surface area (Å²) >= 11 is 10.7. The SMILES string of the molecule is CC(C)(N=NC(C)(C)C(=N)N)C(=N)N.CC(Cl)(C#N)CCl. The van der Waals surface area contributed by atoms with Crippen LogP contribution in [0, 0.1) is 22.1 Å². The molecular formula is C12H23Cl2N7. The van der Waals surface area contributed by atoms with E-state index in [-0.39, 0.29) is 17.6 Å². The van der Waals surface area contributed by atoms with E-state index >= 15 is 0 Å². The van der Waals surface area contributed by atoms with Gasteiger partial charge >= 0.3 is 0 Å². The lowest BCUT2D eigenvalue weighted by molar-refractivity contribution is 0.557. The van der Waals surface area contributed by atoms with Crippen LogP contribution in [0.1, 0.15) is 34.6 Å². The number of hydrogen-bond donors (Lipinski definition) is 4. The molecule has 0 aromatic carbocycles. The van der Waals surface area contributed by atoms with Crippen molar-refractivity contribution >= 4 is 34.9 Å². The number of hydrogen-bond acceptors (Lipinski definition) is 5. The van der Waals surface area contributed by atoms with Crippen molar-refractivity contribution in [2.45, 2.75) is 50.6 Å². The smallest absolute Gasteiger partial charge is 0.141 e. The second kappa shape index (κ2) is 8.15. The first-order valence-corrected chi connectivity index (χ1v) is 6.92. The van der Waals surface area contributed by atoms with Gasteiger partial charge < -0.3 is 11.5 Å². The summed E-state index contributed by atoms with van der Waals surface area (Å²) in [6, 6.07) is 1.82. The lowest BCUT2D eigenvalue weighted by Crippen LogP contribution is -2.38. The zero-order valence-corrected chi connectivity index (χ0v) is 14.5. The Hall–Kier alpha value is -1.39. The molecule has 1 atom stereocenters. The first-order chi connectivity index (χ1) is 9.22. The van der Waals surface area contributed by atoms with Gasteiger partial charge in [0.1, 0.15) is 27.6 Å². The molecule has 0 rings (SSSR count). The summed E-state index contributed by atoms with van der Waals surface area (Å²) in [5.41, 5.74) is 8.96. The molecule has 0 fully saturated rings. The molecule has 0 aromatic heterocycles. The zero-order valence-electron chi connectivity index (χ0n) is 13.0. The van der Waals surface area contributed by atoms with E-state index < -0.39 is 16.0 Å². The molecule has 0 aliphatic heterocycles. The summed E-state index contributed by atoms with van der Waals surface area (Å²) in [6.07, 6.45) is 0. The Kier molecular flexibility index (Phi) is 8.50. The average Bonchev–Trinajstić information content (AvgIpc) is 2.37. The van der Waals surface area contributed by atoms with E-state index in [2.05, 4.69) is 10.2 Å². The van der Waals surface area contributed by atoms with E-state index in [0.717, 1.165) is 0 Å². The van der Waals surface area contributed by atoms with Gasteiger partial charge in [-0.15, -0.1) is 23.2 Å². The minimum Gasteiger partial charge on any atom is -0.386 e. The fourth-order valence-corrected chi connectivity index (χ4v) is 0.447. The van der Waals surface area contributed by atoms with Crippen molar-refractivity contribution in [1.29, 1.82) is 16.1 Å². The monoisotopic (exact) mass is 335 g/mol. The van der Waals surface area contributed by atoms with E-state index in [4.69, 9.17) is 50.7 Å². The van der Waals surface area contributed by atoms with Gasteiger partial charge in [0.15, 0.2) is 0 Å². The number of nitrogens with one attached hydrogen (secondary N) is 2. The molecule has 0 aliphatic carbocycles. The lowest BCUT2D eigenvalue weighted by Gasteiger charge is -2.20. The van der Waals surface area contributed by atoms with Gasteiger partial charge in [0.05, 0.1) is 11.9 Å². The molecule has 1 unspecified atom stereocenters. The van der Waals surface area contributed by atoms with Crippen molar-refractivity contribution in [3.05, 3.63) is 0 Å². The van der Waals surface area contributed by atoms with Crippen LogP contribution in [0.2, 0.25) is 0 Å². The third kappa shape index (κ3) is 9.21. The van der Waals surface area contributed by atoms with Crippen LogP contribution in [0.15, 0.2) is 10.2 Å². The highest BCUT2D eigenvalue weighted by molar-refractivity contribution is 6.32. The second-order valence-electron chi connectivity index (χ2n) is 5.59. The molecule has 120 valence electrons. The molecule has 0 amide bonds. The molecular weight excluding hydrogens is 313 g/mol. The predicted molar refractivity (Wildman–Crippen MR) is 87.4 cm³/mol. The highest BCUT2D eigenvalue weighted by atomic mass is 35.5. The van der Waals surface area contributed by atoms with Crippen molar-refractivity contribution in [1.82, 2.24) is 0 Å². The fraction of sp³-hybridized carbons (Fsp3) is 0.750. The van der Waals surface area contributed by atoms with Gasteiger partial charge in [0.25, 0.3) is 0 Å². The maximum absolute atomic E-state index is 8.13. The van der Waals surface area contributed by atoms with Crippen LogP contribution < -0.4 is 11.5 Å². The highest BCUT2D eigenvalue weighted by Gasteiger charge is 2.25. The van der Waals surface area contributed by atoms with Gasteiger partial charge in [-0.05, 0) is 34.6 Å². The Labute approximate surface area is 135 Å². The number of amidine groups is 2. The van der Waals surface area contributed by atoms with Crippen LogP contribution in [-0.2, 0) is 0 Å². The van der Waals surface area contributed by atoms with Crippen molar-refractivity contribution < 1.29 is 0 Å². The number of nitrogens with zero attached hydrogens (tertiary/aromatic N) is 3. The molecule has 21 heavy (non-hydrogen) atoms. The molecule has 0 aromatic rings.